The van der Waals surface area contributed by atoms with Gasteiger partial charge in [-0.1, -0.05) is 82.3 Å². The molecule has 1 aromatic heterocycles. The van der Waals surface area contributed by atoms with E-state index >= 15 is 0 Å². The van der Waals surface area contributed by atoms with Crippen molar-refractivity contribution in [2.75, 3.05) is 9.91 Å². The Morgan fingerprint density at radius 1 is 0.838 bits per heavy atom. The zero-order valence-electron chi connectivity index (χ0n) is 19.2. The van der Waals surface area contributed by atoms with Gasteiger partial charge in [0.2, 0.25) is 10.1 Å². The second-order valence-electron chi connectivity index (χ2n) is 8.15. The minimum Gasteiger partial charge on any atom is -0.285 e. The molecular weight excluding hydrogens is 586 g/mol. The van der Waals surface area contributed by atoms with Gasteiger partial charge in [0.25, 0.3) is 5.91 Å². The van der Waals surface area contributed by atoms with Gasteiger partial charge < -0.3 is 0 Å². The number of thioether (sulfide) groups is 2. The van der Waals surface area contributed by atoms with Crippen molar-refractivity contribution in [3.63, 3.8) is 0 Å². The van der Waals surface area contributed by atoms with Gasteiger partial charge in [0.15, 0.2) is 5.04 Å². The first kappa shape index (κ1) is 24.2. The van der Waals surface area contributed by atoms with Crippen molar-refractivity contribution in [2.45, 2.75) is 4.33 Å². The first-order valence-electron chi connectivity index (χ1n) is 11.3. The Bertz CT molecular complexity index is 1520. The SMILES string of the molecule is O=C(C1=NN(c2ccccc2)C2(SC(=Cc3ccc(Br)cc3)C(=O)N2c2ccccc2)S1)c1cccs1. The highest BCUT2D eigenvalue weighted by Gasteiger charge is 2.60. The van der Waals surface area contributed by atoms with E-state index in [4.69, 9.17) is 5.10 Å². The van der Waals surface area contributed by atoms with Crippen LogP contribution < -0.4 is 9.91 Å². The van der Waals surface area contributed by atoms with Crippen LogP contribution in [0, 0.1) is 0 Å². The molecule has 9 heteroatoms. The van der Waals surface area contributed by atoms with Crippen LogP contribution in [0.25, 0.3) is 6.08 Å². The van der Waals surface area contributed by atoms with Crippen molar-refractivity contribution < 1.29 is 9.59 Å². The van der Waals surface area contributed by atoms with Gasteiger partial charge in [0.1, 0.15) is 0 Å². The lowest BCUT2D eigenvalue weighted by Gasteiger charge is -2.38. The van der Waals surface area contributed by atoms with Crippen molar-refractivity contribution in [3.05, 3.63) is 122 Å². The van der Waals surface area contributed by atoms with Crippen LogP contribution in [0.3, 0.4) is 0 Å². The minimum atomic E-state index is -1.05. The number of halogens is 1. The molecule has 0 aliphatic carbocycles. The Balaban J connectivity index is 1.51. The third-order valence-corrected chi connectivity index (χ3v) is 9.86. The van der Waals surface area contributed by atoms with Crippen LogP contribution in [0.5, 0.6) is 0 Å². The van der Waals surface area contributed by atoms with Crippen molar-refractivity contribution in [1.29, 1.82) is 0 Å². The number of nitrogens with zero attached hydrogens (tertiary/aromatic N) is 3. The molecule has 182 valence electrons. The molecule has 1 atom stereocenters. The van der Waals surface area contributed by atoms with Crippen molar-refractivity contribution in [2.24, 2.45) is 5.10 Å². The summed E-state index contributed by atoms with van der Waals surface area (Å²) in [5.74, 6) is -0.295. The summed E-state index contributed by atoms with van der Waals surface area (Å²) in [6.07, 6.45) is 1.90. The zero-order valence-corrected chi connectivity index (χ0v) is 23.2. The van der Waals surface area contributed by atoms with Crippen LogP contribution in [0.4, 0.5) is 11.4 Å². The summed E-state index contributed by atoms with van der Waals surface area (Å²) in [7, 11) is 0. The van der Waals surface area contributed by atoms with Gasteiger partial charge in [-0.2, -0.15) is 5.10 Å². The average Bonchev–Trinajstić information content (AvgIpc) is 3.65. The van der Waals surface area contributed by atoms with E-state index in [1.807, 2.05) is 102 Å². The fourth-order valence-electron chi connectivity index (χ4n) is 4.07. The molecule has 6 rings (SSSR count). The number of Topliss-reactive ketones (excluding diaryl/α,β-unsaturated/α-hetero) is 1. The van der Waals surface area contributed by atoms with Crippen LogP contribution in [-0.2, 0) is 4.79 Å². The average molecular weight is 605 g/mol. The second-order valence-corrected chi connectivity index (χ2v) is 12.6. The van der Waals surface area contributed by atoms with Gasteiger partial charge >= 0.3 is 0 Å². The maximum absolute atomic E-state index is 14.1. The van der Waals surface area contributed by atoms with Crippen LogP contribution >= 0.6 is 50.8 Å². The molecule has 1 unspecified atom stereocenters. The largest absolute Gasteiger partial charge is 0.285 e. The Kier molecular flexibility index (Phi) is 6.54. The summed E-state index contributed by atoms with van der Waals surface area (Å²) >= 11 is 7.56. The number of hydrogen-bond acceptors (Lipinski definition) is 7. The summed E-state index contributed by atoms with van der Waals surface area (Å²) in [5.41, 5.74) is 2.43. The van der Waals surface area contributed by atoms with E-state index in [0.29, 0.717) is 14.8 Å². The monoisotopic (exact) mass is 603 g/mol. The van der Waals surface area contributed by atoms with E-state index in [9.17, 15) is 9.59 Å². The highest BCUT2D eigenvalue weighted by atomic mass is 79.9. The Hall–Kier alpha value is -3.11. The molecule has 1 fully saturated rings. The molecule has 3 aromatic carbocycles. The van der Waals surface area contributed by atoms with E-state index in [1.54, 1.807) is 16.0 Å². The number of hydrogen-bond donors (Lipinski definition) is 0. The number of benzene rings is 3. The van der Waals surface area contributed by atoms with Crippen molar-refractivity contribution in [3.8, 4) is 0 Å². The van der Waals surface area contributed by atoms with E-state index in [0.717, 1.165) is 21.4 Å². The fourth-order valence-corrected chi connectivity index (χ4v) is 8.00. The highest BCUT2D eigenvalue weighted by Crippen LogP contribution is 2.59. The van der Waals surface area contributed by atoms with Gasteiger partial charge in [-0.3, -0.25) is 14.5 Å². The number of thiophene rings is 1. The normalized spacial score (nSPS) is 20.2. The van der Waals surface area contributed by atoms with Crippen LogP contribution in [0.2, 0.25) is 0 Å². The molecule has 1 amide bonds. The lowest BCUT2D eigenvalue weighted by atomic mass is 10.2. The molecule has 2 aliphatic heterocycles. The summed E-state index contributed by atoms with van der Waals surface area (Å²) in [6.45, 7) is 0. The molecule has 0 bridgehead atoms. The van der Waals surface area contributed by atoms with E-state index in [1.165, 1.54) is 34.9 Å². The fraction of sp³-hybridized carbons (Fsp3) is 0.0357. The number of hydrazone groups is 1. The predicted molar refractivity (Wildman–Crippen MR) is 159 cm³/mol. The summed E-state index contributed by atoms with van der Waals surface area (Å²) in [5, 5.41) is 8.86. The molecule has 3 heterocycles. The summed E-state index contributed by atoms with van der Waals surface area (Å²) in [4.78, 5) is 30.5. The summed E-state index contributed by atoms with van der Waals surface area (Å²) in [6, 6.07) is 30.7. The smallest absolute Gasteiger partial charge is 0.268 e. The van der Waals surface area contributed by atoms with E-state index in [-0.39, 0.29) is 11.7 Å². The molecule has 1 spiro atoms. The lowest BCUT2D eigenvalue weighted by molar-refractivity contribution is -0.114. The standard InChI is InChI=1S/C28H18BrN3O2S3/c29-20-15-13-19(14-16-20)18-24-27(34)31(21-8-3-1-4-9-21)28(36-24)32(22-10-5-2-6-11-22)30-26(37-28)25(33)23-12-7-17-35-23/h1-18H. The van der Waals surface area contributed by atoms with Gasteiger partial charge in [0, 0.05) is 10.2 Å². The first-order valence-corrected chi connectivity index (χ1v) is 14.6. The topological polar surface area (TPSA) is 53.0 Å². The number of para-hydroxylation sites is 2. The second kappa shape index (κ2) is 9.98. The third-order valence-electron chi connectivity index (χ3n) is 5.75. The third kappa shape index (κ3) is 4.46. The van der Waals surface area contributed by atoms with E-state index in [2.05, 4.69) is 15.9 Å². The van der Waals surface area contributed by atoms with E-state index < -0.39 is 4.33 Å². The van der Waals surface area contributed by atoms with Gasteiger partial charge in [0.05, 0.1) is 15.5 Å². The number of carbonyl (C=O) groups excluding carboxylic acids is 2. The molecule has 2 aliphatic rings. The zero-order chi connectivity index (χ0) is 25.4. The molecule has 5 nitrogen and oxygen atoms in total. The van der Waals surface area contributed by atoms with Crippen molar-refractivity contribution in [1.82, 2.24) is 0 Å². The van der Waals surface area contributed by atoms with Crippen molar-refractivity contribution >= 4 is 85.0 Å². The maximum Gasteiger partial charge on any atom is 0.268 e. The number of anilines is 2. The first-order chi connectivity index (χ1) is 18.0. The van der Waals surface area contributed by atoms with Gasteiger partial charge in [-0.05, 0) is 71.2 Å². The number of amides is 1. The Morgan fingerprint density at radius 3 is 2.16 bits per heavy atom. The molecule has 0 N–H and O–H groups in total. The number of ketones is 1. The predicted octanol–water partition coefficient (Wildman–Crippen LogP) is 7.69. The van der Waals surface area contributed by atoms with Crippen LogP contribution in [0.1, 0.15) is 15.2 Å². The lowest BCUT2D eigenvalue weighted by Crippen LogP contribution is -2.51. The molecule has 37 heavy (non-hydrogen) atoms. The minimum absolute atomic E-state index is 0.146. The number of rotatable bonds is 5. The quantitative estimate of drug-likeness (QED) is 0.173. The summed E-state index contributed by atoms with van der Waals surface area (Å²) < 4.78 is -0.0855. The van der Waals surface area contributed by atoms with Gasteiger partial charge in [-0.25, -0.2) is 5.01 Å². The molecule has 4 aromatic rings. The van der Waals surface area contributed by atoms with Crippen LogP contribution in [-0.4, -0.2) is 21.1 Å². The molecule has 0 radical (unpaired) electrons. The van der Waals surface area contributed by atoms with Crippen LogP contribution in [0.15, 0.2) is 117 Å². The molecule has 1 saturated heterocycles. The van der Waals surface area contributed by atoms with Gasteiger partial charge in [-0.15, -0.1) is 11.3 Å². The Labute approximate surface area is 235 Å². The maximum atomic E-state index is 14.1. The number of carbonyl (C=O) groups is 2. The molecular formula is C28H18BrN3O2S3. The highest BCUT2D eigenvalue weighted by molar-refractivity contribution is 9.10. The molecule has 0 saturated carbocycles. The Morgan fingerprint density at radius 2 is 1.51 bits per heavy atom.